The lowest BCUT2D eigenvalue weighted by atomic mass is 10.1. The molecule has 0 aromatic heterocycles. The maximum atomic E-state index is 12.6. The van der Waals surface area contributed by atoms with E-state index in [9.17, 15) is 29.3 Å². The average molecular weight is 785 g/mol. The second-order valence-corrected chi connectivity index (χ2v) is 15.0. The van der Waals surface area contributed by atoms with E-state index in [4.69, 9.17) is 19.1 Å². The number of esters is 2. The number of hydrogen-bond acceptors (Lipinski definition) is 10. The van der Waals surface area contributed by atoms with E-state index in [1.165, 1.54) is 44.9 Å². The summed E-state index contributed by atoms with van der Waals surface area (Å²) in [5.41, 5.74) is 0. The first-order valence-electron chi connectivity index (χ1n) is 20.4. The molecular formula is C42H73O11P. The molecule has 4 N–H and O–H groups in total. The van der Waals surface area contributed by atoms with E-state index in [-0.39, 0.29) is 19.4 Å². The molecular weight excluding hydrogens is 711 g/mol. The first kappa shape index (κ1) is 51.6. The zero-order valence-corrected chi connectivity index (χ0v) is 34.2. The van der Waals surface area contributed by atoms with Gasteiger partial charge in [0.25, 0.3) is 0 Å². The molecule has 4 atom stereocenters. The number of carbonyl (C=O) groups excluding carboxylic acids is 2. The molecule has 0 aromatic rings. The molecule has 0 aliphatic rings. The van der Waals surface area contributed by atoms with Crippen molar-refractivity contribution in [3.8, 4) is 0 Å². The number of aliphatic hydroxyl groups excluding tert-OH is 3. The molecule has 11 nitrogen and oxygen atoms in total. The molecule has 12 heteroatoms. The summed E-state index contributed by atoms with van der Waals surface area (Å²) in [6.07, 6.45) is 36.5. The molecule has 0 saturated heterocycles. The van der Waals surface area contributed by atoms with Gasteiger partial charge in [0.2, 0.25) is 0 Å². The van der Waals surface area contributed by atoms with Crippen molar-refractivity contribution in [2.75, 3.05) is 26.4 Å². The Hall–Kier alpha value is -2.37. The molecule has 0 aliphatic heterocycles. The van der Waals surface area contributed by atoms with Crippen molar-refractivity contribution >= 4 is 19.8 Å². The highest BCUT2D eigenvalue weighted by molar-refractivity contribution is 7.47. The molecule has 0 fully saturated rings. The number of hydrogen-bond donors (Lipinski definition) is 4. The highest BCUT2D eigenvalue weighted by Crippen LogP contribution is 2.43. The summed E-state index contributed by atoms with van der Waals surface area (Å²) in [5.74, 6) is -1.07. The van der Waals surface area contributed by atoms with Crippen LogP contribution >= 0.6 is 7.82 Å². The van der Waals surface area contributed by atoms with Crippen molar-refractivity contribution in [1.29, 1.82) is 0 Å². The summed E-state index contributed by atoms with van der Waals surface area (Å²) < 4.78 is 32.5. The van der Waals surface area contributed by atoms with Gasteiger partial charge in [-0.25, -0.2) is 4.57 Å². The van der Waals surface area contributed by atoms with Crippen LogP contribution in [0.15, 0.2) is 60.8 Å². The van der Waals surface area contributed by atoms with Crippen LogP contribution in [0.1, 0.15) is 149 Å². The zero-order chi connectivity index (χ0) is 40.0. The lowest BCUT2D eigenvalue weighted by Crippen LogP contribution is -2.29. The van der Waals surface area contributed by atoms with E-state index in [0.29, 0.717) is 25.7 Å². The molecule has 0 aromatic carbocycles. The monoisotopic (exact) mass is 784 g/mol. The van der Waals surface area contributed by atoms with Crippen molar-refractivity contribution in [3.63, 3.8) is 0 Å². The van der Waals surface area contributed by atoms with Gasteiger partial charge in [0.05, 0.1) is 25.9 Å². The predicted molar refractivity (Wildman–Crippen MR) is 216 cm³/mol. The topological polar surface area (TPSA) is 169 Å². The van der Waals surface area contributed by atoms with Crippen LogP contribution in [0.3, 0.4) is 0 Å². The van der Waals surface area contributed by atoms with E-state index in [0.717, 1.165) is 51.4 Å². The maximum Gasteiger partial charge on any atom is 0.472 e. The SMILES string of the molecule is CCCCC/C=C\C/C=C\CC(O)/C=C\C=C\CCCC(=O)OC[C@H](COP(=O)(O)OC[C@@H](O)CO)OC(=O)CCCCCCC/C=C\CCCCCC. The molecule has 0 heterocycles. The summed E-state index contributed by atoms with van der Waals surface area (Å²) in [7, 11) is -4.65. The first-order valence-corrected chi connectivity index (χ1v) is 21.8. The fourth-order valence-corrected chi connectivity index (χ4v) is 5.79. The largest absolute Gasteiger partial charge is 0.472 e. The van der Waals surface area contributed by atoms with Crippen molar-refractivity contribution < 1.29 is 52.9 Å². The fraction of sp³-hybridized carbons (Fsp3) is 0.714. The highest BCUT2D eigenvalue weighted by Gasteiger charge is 2.27. The van der Waals surface area contributed by atoms with Gasteiger partial charge < -0.3 is 29.7 Å². The Kier molecular flexibility index (Phi) is 35.9. The molecule has 0 radical (unpaired) electrons. The predicted octanol–water partition coefficient (Wildman–Crippen LogP) is 9.30. The van der Waals surface area contributed by atoms with Gasteiger partial charge in [-0.05, 0) is 70.6 Å². The molecule has 312 valence electrons. The Morgan fingerprint density at radius 3 is 1.89 bits per heavy atom. The number of rotatable bonds is 37. The minimum absolute atomic E-state index is 0.103. The number of aliphatic hydroxyl groups is 3. The molecule has 0 amide bonds. The summed E-state index contributed by atoms with van der Waals surface area (Å²) in [5, 5.41) is 28.4. The number of carbonyl (C=O) groups is 2. The highest BCUT2D eigenvalue weighted by atomic mass is 31.2. The van der Waals surface area contributed by atoms with Crippen molar-refractivity contribution in [2.45, 2.75) is 167 Å². The Bertz CT molecular complexity index is 1100. The number of phosphoric ester groups is 1. The maximum absolute atomic E-state index is 12.6. The molecule has 54 heavy (non-hydrogen) atoms. The Labute approximate surface area is 326 Å². The van der Waals surface area contributed by atoms with E-state index >= 15 is 0 Å². The van der Waals surface area contributed by atoms with Gasteiger partial charge in [-0.2, -0.15) is 0 Å². The lowest BCUT2D eigenvalue weighted by molar-refractivity contribution is -0.161. The minimum atomic E-state index is -4.65. The second kappa shape index (κ2) is 37.5. The van der Waals surface area contributed by atoms with E-state index in [2.05, 4.69) is 42.7 Å². The number of unbranched alkanes of at least 4 members (excludes halogenated alkanes) is 13. The number of ether oxygens (including phenoxy) is 2. The van der Waals surface area contributed by atoms with Gasteiger partial charge in [-0.1, -0.05) is 126 Å². The van der Waals surface area contributed by atoms with Crippen LogP contribution in [0.5, 0.6) is 0 Å². The number of allylic oxidation sites excluding steroid dienone is 8. The normalized spacial score (nSPS) is 15.1. The van der Waals surface area contributed by atoms with Crippen LogP contribution in [0.4, 0.5) is 0 Å². The van der Waals surface area contributed by atoms with Crippen LogP contribution < -0.4 is 0 Å². The van der Waals surface area contributed by atoms with Crippen LogP contribution in [-0.2, 0) is 32.7 Å². The van der Waals surface area contributed by atoms with Gasteiger partial charge >= 0.3 is 19.8 Å². The number of phosphoric acid groups is 1. The van der Waals surface area contributed by atoms with Crippen molar-refractivity contribution in [1.82, 2.24) is 0 Å². The van der Waals surface area contributed by atoms with Crippen LogP contribution in [0.2, 0.25) is 0 Å². The molecule has 2 unspecified atom stereocenters. The van der Waals surface area contributed by atoms with Gasteiger partial charge in [-0.3, -0.25) is 18.6 Å². The van der Waals surface area contributed by atoms with Gasteiger partial charge in [-0.15, -0.1) is 0 Å². The van der Waals surface area contributed by atoms with Crippen molar-refractivity contribution in [3.05, 3.63) is 60.8 Å². The summed E-state index contributed by atoms with van der Waals surface area (Å²) in [6, 6.07) is 0. The zero-order valence-electron chi connectivity index (χ0n) is 33.3. The first-order chi connectivity index (χ1) is 26.1. The third-order valence-corrected chi connectivity index (χ3v) is 9.18. The van der Waals surface area contributed by atoms with Crippen LogP contribution in [-0.4, -0.2) is 76.9 Å². The smallest absolute Gasteiger partial charge is 0.462 e. The summed E-state index contributed by atoms with van der Waals surface area (Å²) in [6.45, 7) is 2.14. The minimum Gasteiger partial charge on any atom is -0.462 e. The quantitative estimate of drug-likeness (QED) is 0.0156. The average Bonchev–Trinajstić information content (AvgIpc) is 3.15. The van der Waals surface area contributed by atoms with Gasteiger partial charge in [0.15, 0.2) is 6.10 Å². The fourth-order valence-electron chi connectivity index (χ4n) is 5.00. The van der Waals surface area contributed by atoms with Crippen LogP contribution in [0.25, 0.3) is 0 Å². The van der Waals surface area contributed by atoms with E-state index in [1.54, 1.807) is 12.2 Å². The third kappa shape index (κ3) is 36.6. The Balaban J connectivity index is 4.54. The van der Waals surface area contributed by atoms with E-state index < -0.39 is 57.9 Å². The van der Waals surface area contributed by atoms with Gasteiger partial charge in [0.1, 0.15) is 12.7 Å². The Morgan fingerprint density at radius 2 is 1.19 bits per heavy atom. The second-order valence-electron chi connectivity index (χ2n) is 13.5. The van der Waals surface area contributed by atoms with Gasteiger partial charge in [0, 0.05) is 12.8 Å². The standard InChI is InChI=1S/C42H73O11P/c1-3-5-7-9-11-13-14-15-16-18-20-24-29-33-42(47)53-40(37-52-54(48,49)51-35-39(45)34-43)36-50-41(46)32-28-25-21-23-27-31-38(44)30-26-22-19-17-12-10-8-6-4-2/h12-14,17,21-23,26-27,31,38-40,43-45H,3-11,15-16,18-20,24-25,28-30,32-37H2,1-2H3,(H,48,49)/b14-13-,17-12-,23-21+,26-22-,31-27-/t38?,39-,40+/m0/s1. The molecule has 0 bridgehead atoms. The van der Waals surface area contributed by atoms with Crippen LogP contribution in [0, 0.1) is 0 Å². The molecule has 0 rings (SSSR count). The third-order valence-electron chi connectivity index (χ3n) is 8.22. The Morgan fingerprint density at radius 1 is 0.630 bits per heavy atom. The van der Waals surface area contributed by atoms with E-state index in [1.807, 2.05) is 24.3 Å². The molecule has 0 aliphatic carbocycles. The molecule has 0 spiro atoms. The lowest BCUT2D eigenvalue weighted by Gasteiger charge is -2.20. The summed E-state index contributed by atoms with van der Waals surface area (Å²) >= 11 is 0. The van der Waals surface area contributed by atoms with Crippen molar-refractivity contribution in [2.24, 2.45) is 0 Å². The molecule has 0 saturated carbocycles. The summed E-state index contributed by atoms with van der Waals surface area (Å²) in [4.78, 5) is 34.9.